The zero-order valence-electron chi connectivity index (χ0n) is 21.9. The first-order valence-electron chi connectivity index (χ1n) is 12.3. The highest BCUT2D eigenvalue weighted by atomic mass is 16.5. The molecule has 1 aliphatic heterocycles. The Balaban J connectivity index is 1.82. The molecule has 1 amide bonds. The van der Waals surface area contributed by atoms with Crippen LogP contribution in [-0.2, 0) is 0 Å². The van der Waals surface area contributed by atoms with Crippen molar-refractivity contribution in [3.8, 4) is 11.5 Å². The summed E-state index contributed by atoms with van der Waals surface area (Å²) in [5, 5.41) is 13.8. The van der Waals surface area contributed by atoms with Crippen LogP contribution in [0.25, 0.3) is 0 Å². The lowest BCUT2D eigenvalue weighted by atomic mass is 10.1. The van der Waals surface area contributed by atoms with Crippen LogP contribution in [-0.4, -0.2) is 24.7 Å². The predicted molar refractivity (Wildman–Crippen MR) is 146 cm³/mol. The SMILES string of the molecule is COc1cc(C)c2c(c1)N(C/C=C(\C)CC/C=C(\C)CCC=C(C)C)C(=O)c1cccc(O)c1N2. The number of methoxy groups -OCH3 is 1. The van der Waals surface area contributed by atoms with Gasteiger partial charge in [-0.05, 0) is 84.1 Å². The Morgan fingerprint density at radius 3 is 2.37 bits per heavy atom. The first kappa shape index (κ1) is 26.1. The molecule has 186 valence electrons. The maximum atomic E-state index is 13.6. The molecule has 3 rings (SSSR count). The molecule has 0 fully saturated rings. The molecule has 0 unspecified atom stereocenters. The summed E-state index contributed by atoms with van der Waals surface area (Å²) >= 11 is 0. The summed E-state index contributed by atoms with van der Waals surface area (Å²) in [7, 11) is 1.62. The number of aryl methyl sites for hydroxylation is 1. The van der Waals surface area contributed by atoms with Crippen molar-refractivity contribution in [1.82, 2.24) is 0 Å². The minimum absolute atomic E-state index is 0.0531. The van der Waals surface area contributed by atoms with Crippen LogP contribution in [0.2, 0.25) is 0 Å². The summed E-state index contributed by atoms with van der Waals surface area (Å²) in [5.74, 6) is 0.580. The van der Waals surface area contributed by atoms with E-state index in [0.717, 1.165) is 42.6 Å². The topological polar surface area (TPSA) is 61.8 Å². The normalized spacial score (nSPS) is 13.5. The van der Waals surface area contributed by atoms with Crippen LogP contribution in [0.3, 0.4) is 0 Å². The number of aromatic hydroxyl groups is 1. The quantitative estimate of drug-likeness (QED) is 0.287. The standard InChI is InChI=1S/C30H38N2O3/c1-20(2)10-7-11-21(3)12-8-13-22(4)16-17-32-26-19-24(35-6)18-23(5)28(26)31-29-25(30(32)34)14-9-15-27(29)33/h9-10,12,14-16,18-19,31,33H,7-8,11,13,17H2,1-6H3/b21-12+,22-16+. The molecule has 1 heterocycles. The van der Waals surface area contributed by atoms with Crippen LogP contribution in [0, 0.1) is 6.92 Å². The summed E-state index contributed by atoms with van der Waals surface area (Å²) in [5.41, 5.74) is 7.36. The van der Waals surface area contributed by atoms with E-state index in [9.17, 15) is 9.90 Å². The summed E-state index contributed by atoms with van der Waals surface area (Å²) in [6, 6.07) is 8.83. The molecule has 5 heteroatoms. The number of nitrogens with one attached hydrogen (secondary N) is 1. The van der Waals surface area contributed by atoms with E-state index in [0.29, 0.717) is 23.5 Å². The highest BCUT2D eigenvalue weighted by Gasteiger charge is 2.29. The van der Waals surface area contributed by atoms with Gasteiger partial charge in [0.05, 0.1) is 29.7 Å². The van der Waals surface area contributed by atoms with Crippen molar-refractivity contribution in [2.45, 2.75) is 60.3 Å². The van der Waals surface area contributed by atoms with Gasteiger partial charge in [0.1, 0.15) is 11.5 Å². The average Bonchev–Trinajstić information content (AvgIpc) is 2.93. The number of benzene rings is 2. The Morgan fingerprint density at radius 1 is 1.00 bits per heavy atom. The van der Waals surface area contributed by atoms with Crippen molar-refractivity contribution in [2.75, 3.05) is 23.9 Å². The van der Waals surface area contributed by atoms with Gasteiger partial charge in [-0.1, -0.05) is 41.0 Å². The smallest absolute Gasteiger partial charge is 0.260 e. The molecule has 0 saturated carbocycles. The van der Waals surface area contributed by atoms with Gasteiger partial charge in [0.15, 0.2) is 0 Å². The molecule has 0 aliphatic carbocycles. The monoisotopic (exact) mass is 474 g/mol. The number of fused-ring (bicyclic) bond motifs is 2. The Kier molecular flexibility index (Phi) is 8.80. The number of phenols is 1. The molecule has 1 aliphatic rings. The maximum Gasteiger partial charge on any atom is 0.260 e. The van der Waals surface area contributed by atoms with E-state index < -0.39 is 0 Å². The number of nitrogens with zero attached hydrogens (tertiary/aromatic N) is 1. The third-order valence-electron chi connectivity index (χ3n) is 6.33. The number of rotatable bonds is 9. The van der Waals surface area contributed by atoms with Crippen molar-refractivity contribution in [3.63, 3.8) is 0 Å². The fourth-order valence-electron chi connectivity index (χ4n) is 4.23. The van der Waals surface area contributed by atoms with Crippen LogP contribution in [0.4, 0.5) is 17.1 Å². The molecular formula is C30H38N2O3. The summed E-state index contributed by atoms with van der Waals surface area (Å²) in [6.07, 6.45) is 10.8. The zero-order valence-corrected chi connectivity index (χ0v) is 21.9. The largest absolute Gasteiger partial charge is 0.506 e. The molecule has 0 spiro atoms. The number of anilines is 3. The lowest BCUT2D eigenvalue weighted by Crippen LogP contribution is -2.30. The first-order valence-corrected chi connectivity index (χ1v) is 12.3. The van der Waals surface area contributed by atoms with Crippen LogP contribution < -0.4 is 15.0 Å². The van der Waals surface area contributed by atoms with Crippen LogP contribution in [0.1, 0.15) is 69.3 Å². The fourth-order valence-corrected chi connectivity index (χ4v) is 4.23. The minimum atomic E-state index is -0.158. The zero-order chi connectivity index (χ0) is 25.5. The Hall–Kier alpha value is -3.47. The number of hydrogen-bond acceptors (Lipinski definition) is 4. The molecule has 0 atom stereocenters. The van der Waals surface area contributed by atoms with Gasteiger partial charge in [0.2, 0.25) is 0 Å². The van der Waals surface area contributed by atoms with Gasteiger partial charge in [-0.3, -0.25) is 4.79 Å². The number of para-hydroxylation sites is 1. The Morgan fingerprint density at radius 2 is 1.69 bits per heavy atom. The Bertz CT molecular complexity index is 1170. The van der Waals surface area contributed by atoms with E-state index in [2.05, 4.69) is 51.2 Å². The van der Waals surface area contributed by atoms with Crippen molar-refractivity contribution in [2.24, 2.45) is 0 Å². The maximum absolute atomic E-state index is 13.6. The highest BCUT2D eigenvalue weighted by Crippen LogP contribution is 2.43. The number of phenolic OH excluding ortho intramolecular Hbond substituents is 1. The number of allylic oxidation sites excluding steroid dienone is 5. The molecule has 0 aromatic heterocycles. The average molecular weight is 475 g/mol. The van der Waals surface area contributed by atoms with Gasteiger partial charge in [-0.25, -0.2) is 0 Å². The molecule has 0 radical (unpaired) electrons. The first-order chi connectivity index (χ1) is 16.7. The second kappa shape index (κ2) is 11.8. The minimum Gasteiger partial charge on any atom is -0.506 e. The summed E-state index contributed by atoms with van der Waals surface area (Å²) in [6.45, 7) is 11.0. The van der Waals surface area contributed by atoms with Crippen LogP contribution >= 0.6 is 0 Å². The fraction of sp³-hybridized carbons (Fsp3) is 0.367. The van der Waals surface area contributed by atoms with E-state index in [4.69, 9.17) is 4.74 Å². The summed E-state index contributed by atoms with van der Waals surface area (Å²) in [4.78, 5) is 15.4. The predicted octanol–water partition coefficient (Wildman–Crippen LogP) is 7.83. The van der Waals surface area contributed by atoms with E-state index >= 15 is 0 Å². The third kappa shape index (κ3) is 6.56. The van der Waals surface area contributed by atoms with Crippen molar-refractivity contribution in [1.29, 1.82) is 0 Å². The Labute approximate surface area is 209 Å². The number of carbonyl (C=O) groups excluding carboxylic acids is 1. The molecule has 2 aromatic carbocycles. The third-order valence-corrected chi connectivity index (χ3v) is 6.33. The molecular weight excluding hydrogens is 436 g/mol. The second-order valence-corrected chi connectivity index (χ2v) is 9.54. The lowest BCUT2D eigenvalue weighted by Gasteiger charge is -2.23. The summed E-state index contributed by atoms with van der Waals surface area (Å²) < 4.78 is 5.49. The van der Waals surface area contributed by atoms with E-state index in [1.165, 1.54) is 16.7 Å². The van der Waals surface area contributed by atoms with Crippen molar-refractivity contribution >= 4 is 23.0 Å². The van der Waals surface area contributed by atoms with E-state index in [-0.39, 0.29) is 11.7 Å². The van der Waals surface area contributed by atoms with E-state index in [1.54, 1.807) is 30.2 Å². The number of hydrogen-bond donors (Lipinski definition) is 2. The van der Waals surface area contributed by atoms with Crippen molar-refractivity contribution in [3.05, 3.63) is 76.4 Å². The second-order valence-electron chi connectivity index (χ2n) is 9.54. The van der Waals surface area contributed by atoms with Crippen LogP contribution in [0.15, 0.2) is 65.3 Å². The lowest BCUT2D eigenvalue weighted by molar-refractivity contribution is 0.0991. The van der Waals surface area contributed by atoms with Gasteiger partial charge in [0, 0.05) is 12.6 Å². The molecule has 35 heavy (non-hydrogen) atoms. The molecule has 2 aromatic rings. The highest BCUT2D eigenvalue weighted by molar-refractivity contribution is 6.15. The number of ether oxygens (including phenoxy) is 1. The molecule has 0 bridgehead atoms. The number of carbonyl (C=O) groups is 1. The number of amides is 1. The molecule has 5 nitrogen and oxygen atoms in total. The van der Waals surface area contributed by atoms with Gasteiger partial charge < -0.3 is 20.1 Å². The molecule has 0 saturated heterocycles. The van der Waals surface area contributed by atoms with Gasteiger partial charge in [-0.15, -0.1) is 0 Å². The van der Waals surface area contributed by atoms with Gasteiger partial charge in [0.25, 0.3) is 5.91 Å². The molecule has 2 N–H and O–H groups in total. The van der Waals surface area contributed by atoms with E-state index in [1.807, 2.05) is 19.1 Å². The van der Waals surface area contributed by atoms with Crippen molar-refractivity contribution < 1.29 is 14.6 Å². The van der Waals surface area contributed by atoms with Gasteiger partial charge in [-0.2, -0.15) is 0 Å². The van der Waals surface area contributed by atoms with Crippen LogP contribution in [0.5, 0.6) is 11.5 Å². The van der Waals surface area contributed by atoms with Gasteiger partial charge >= 0.3 is 0 Å².